The largest absolute Gasteiger partial charge is 0.573 e. The molecule has 0 heterocycles. The first-order valence-electron chi connectivity index (χ1n) is 9.90. The molecule has 0 spiro atoms. The van der Waals surface area contributed by atoms with Crippen molar-refractivity contribution in [2.45, 2.75) is 26.1 Å². The van der Waals surface area contributed by atoms with Crippen LogP contribution >= 0.6 is 0 Å². The molecule has 0 atom stereocenters. The monoisotopic (exact) mass is 406 g/mol. The highest BCUT2D eigenvalue weighted by Crippen LogP contribution is 2.30. The summed E-state index contributed by atoms with van der Waals surface area (Å²) < 4.78 is 40.8. The van der Waals surface area contributed by atoms with E-state index < -0.39 is 6.36 Å². The fourth-order valence-corrected chi connectivity index (χ4v) is 3.62. The summed E-state index contributed by atoms with van der Waals surface area (Å²) >= 11 is 0. The maximum atomic E-state index is 12.3. The Hall–Kier alpha value is -3.27. The summed E-state index contributed by atoms with van der Waals surface area (Å²) in [7, 11) is 0. The molecular formula is C26H21F3O. The van der Waals surface area contributed by atoms with E-state index in [1.807, 2.05) is 24.3 Å². The van der Waals surface area contributed by atoms with Crippen LogP contribution in [0.3, 0.4) is 0 Å². The number of fused-ring (bicyclic) bond motifs is 1. The standard InChI is InChI=1S/C26H21F3O/c1-2-3-18-4-5-24-17-23(11-10-22(24)16-18)21-8-6-19(7-9-21)20-12-14-25(15-13-20)30-26(27,28)29/h4-17H,2-3H2,1H3. The SMILES string of the molecule is CCCc1ccc2cc(-c3ccc(-c4ccc(OC(F)(F)F)cc4)cc3)ccc2c1. The van der Waals surface area contributed by atoms with Crippen LogP contribution in [0.25, 0.3) is 33.0 Å². The van der Waals surface area contributed by atoms with Gasteiger partial charge in [0.15, 0.2) is 0 Å². The maximum Gasteiger partial charge on any atom is 0.573 e. The van der Waals surface area contributed by atoms with E-state index in [0.29, 0.717) is 0 Å². The Balaban J connectivity index is 1.55. The fourth-order valence-electron chi connectivity index (χ4n) is 3.62. The van der Waals surface area contributed by atoms with Gasteiger partial charge in [-0.25, -0.2) is 0 Å². The molecule has 4 heteroatoms. The van der Waals surface area contributed by atoms with Crippen LogP contribution in [0.4, 0.5) is 13.2 Å². The average Bonchev–Trinajstić information content (AvgIpc) is 2.73. The summed E-state index contributed by atoms with van der Waals surface area (Å²) in [6.07, 6.45) is -2.46. The Morgan fingerprint density at radius 1 is 0.633 bits per heavy atom. The van der Waals surface area contributed by atoms with Crippen LogP contribution in [0.15, 0.2) is 84.9 Å². The lowest BCUT2D eigenvalue weighted by Gasteiger charge is -2.10. The number of ether oxygens (including phenoxy) is 1. The van der Waals surface area contributed by atoms with Gasteiger partial charge in [-0.3, -0.25) is 0 Å². The molecule has 0 fully saturated rings. The van der Waals surface area contributed by atoms with Crippen LogP contribution in [0.2, 0.25) is 0 Å². The number of hydrogen-bond donors (Lipinski definition) is 0. The van der Waals surface area contributed by atoms with E-state index in [2.05, 4.69) is 48.1 Å². The molecule has 4 rings (SSSR count). The Morgan fingerprint density at radius 2 is 1.13 bits per heavy atom. The topological polar surface area (TPSA) is 9.23 Å². The maximum absolute atomic E-state index is 12.3. The van der Waals surface area contributed by atoms with Gasteiger partial charge in [-0.15, -0.1) is 13.2 Å². The number of halogens is 3. The van der Waals surface area contributed by atoms with E-state index in [0.717, 1.165) is 35.1 Å². The first-order valence-corrected chi connectivity index (χ1v) is 9.90. The molecule has 0 aliphatic rings. The molecular weight excluding hydrogens is 385 g/mol. The van der Waals surface area contributed by atoms with Gasteiger partial charge in [0.05, 0.1) is 0 Å². The minimum absolute atomic E-state index is 0.221. The van der Waals surface area contributed by atoms with Gasteiger partial charge in [0.2, 0.25) is 0 Å². The Labute approximate surface area is 173 Å². The minimum Gasteiger partial charge on any atom is -0.406 e. The van der Waals surface area contributed by atoms with E-state index in [-0.39, 0.29) is 5.75 Å². The third-order valence-electron chi connectivity index (χ3n) is 5.08. The first kappa shape index (κ1) is 20.0. The second kappa shape index (κ2) is 8.23. The zero-order valence-corrected chi connectivity index (χ0v) is 16.5. The number of rotatable bonds is 5. The van der Waals surface area contributed by atoms with Gasteiger partial charge < -0.3 is 4.74 Å². The van der Waals surface area contributed by atoms with Crippen LogP contribution in [0.5, 0.6) is 5.75 Å². The van der Waals surface area contributed by atoms with Crippen molar-refractivity contribution in [2.75, 3.05) is 0 Å². The van der Waals surface area contributed by atoms with Crippen molar-refractivity contribution >= 4 is 10.8 Å². The predicted molar refractivity (Wildman–Crippen MR) is 115 cm³/mol. The zero-order chi connectivity index (χ0) is 21.1. The molecule has 0 amide bonds. The van der Waals surface area contributed by atoms with Crippen LogP contribution in [0, 0.1) is 0 Å². The molecule has 0 saturated heterocycles. The Kier molecular flexibility index (Phi) is 5.49. The van der Waals surface area contributed by atoms with Crippen molar-refractivity contribution in [1.29, 1.82) is 0 Å². The van der Waals surface area contributed by atoms with Gasteiger partial charge in [0.25, 0.3) is 0 Å². The van der Waals surface area contributed by atoms with Gasteiger partial charge in [0.1, 0.15) is 5.75 Å². The molecule has 1 nitrogen and oxygen atoms in total. The van der Waals surface area contributed by atoms with Gasteiger partial charge in [0, 0.05) is 0 Å². The molecule has 0 saturated carbocycles. The predicted octanol–water partition coefficient (Wildman–Crippen LogP) is 8.02. The van der Waals surface area contributed by atoms with Crippen molar-refractivity contribution in [3.05, 3.63) is 90.5 Å². The molecule has 152 valence electrons. The Bertz CT molecular complexity index is 1140. The van der Waals surface area contributed by atoms with Crippen molar-refractivity contribution in [2.24, 2.45) is 0 Å². The quantitative estimate of drug-likeness (QED) is 0.326. The molecule has 0 aliphatic heterocycles. The molecule has 0 aromatic heterocycles. The summed E-state index contributed by atoms with van der Waals surface area (Å²) in [6, 6.07) is 27.0. The van der Waals surface area contributed by atoms with Gasteiger partial charge in [-0.05, 0) is 63.2 Å². The minimum atomic E-state index is -4.68. The Morgan fingerprint density at radius 3 is 1.73 bits per heavy atom. The first-order chi connectivity index (χ1) is 14.4. The molecule has 0 radical (unpaired) electrons. The second-order valence-corrected chi connectivity index (χ2v) is 7.30. The highest BCUT2D eigenvalue weighted by molar-refractivity contribution is 5.88. The van der Waals surface area contributed by atoms with Crippen LogP contribution in [0.1, 0.15) is 18.9 Å². The summed E-state index contributed by atoms with van der Waals surface area (Å²) in [6.45, 7) is 2.18. The number of hydrogen-bond acceptors (Lipinski definition) is 1. The van der Waals surface area contributed by atoms with Gasteiger partial charge in [-0.1, -0.05) is 80.1 Å². The zero-order valence-electron chi connectivity index (χ0n) is 16.5. The number of benzene rings is 4. The van der Waals surface area contributed by atoms with Gasteiger partial charge in [-0.2, -0.15) is 0 Å². The molecule has 30 heavy (non-hydrogen) atoms. The smallest absolute Gasteiger partial charge is 0.406 e. The lowest BCUT2D eigenvalue weighted by Crippen LogP contribution is -2.16. The molecule has 0 unspecified atom stereocenters. The van der Waals surface area contributed by atoms with E-state index in [1.165, 1.54) is 28.5 Å². The van der Waals surface area contributed by atoms with Crippen molar-refractivity contribution < 1.29 is 17.9 Å². The van der Waals surface area contributed by atoms with Crippen LogP contribution in [-0.2, 0) is 6.42 Å². The molecule has 4 aromatic carbocycles. The molecule has 0 aliphatic carbocycles. The number of aryl methyl sites for hydroxylation is 1. The summed E-state index contributed by atoms with van der Waals surface area (Å²) in [5.41, 5.74) is 5.34. The molecule has 0 bridgehead atoms. The number of alkyl halides is 3. The van der Waals surface area contributed by atoms with E-state index in [1.54, 1.807) is 12.1 Å². The van der Waals surface area contributed by atoms with Crippen LogP contribution in [-0.4, -0.2) is 6.36 Å². The highest BCUT2D eigenvalue weighted by Gasteiger charge is 2.30. The van der Waals surface area contributed by atoms with E-state index >= 15 is 0 Å². The van der Waals surface area contributed by atoms with Crippen LogP contribution < -0.4 is 4.74 Å². The summed E-state index contributed by atoms with van der Waals surface area (Å²) in [4.78, 5) is 0. The average molecular weight is 406 g/mol. The van der Waals surface area contributed by atoms with Crippen molar-refractivity contribution in [1.82, 2.24) is 0 Å². The summed E-state index contributed by atoms with van der Waals surface area (Å²) in [5.74, 6) is -0.221. The normalized spacial score (nSPS) is 11.6. The lowest BCUT2D eigenvalue weighted by atomic mass is 9.97. The fraction of sp³-hybridized carbons (Fsp3) is 0.154. The van der Waals surface area contributed by atoms with E-state index in [4.69, 9.17) is 0 Å². The van der Waals surface area contributed by atoms with Gasteiger partial charge >= 0.3 is 6.36 Å². The van der Waals surface area contributed by atoms with Crippen molar-refractivity contribution in [3.8, 4) is 28.0 Å². The third kappa shape index (κ3) is 4.65. The van der Waals surface area contributed by atoms with Crippen molar-refractivity contribution in [3.63, 3.8) is 0 Å². The van der Waals surface area contributed by atoms with E-state index in [9.17, 15) is 13.2 Å². The molecule has 0 N–H and O–H groups in total. The molecule has 4 aromatic rings. The lowest BCUT2D eigenvalue weighted by molar-refractivity contribution is -0.274. The summed E-state index contributed by atoms with van der Waals surface area (Å²) in [5, 5.41) is 2.44. The second-order valence-electron chi connectivity index (χ2n) is 7.30. The highest BCUT2D eigenvalue weighted by atomic mass is 19.4. The third-order valence-corrected chi connectivity index (χ3v) is 5.08.